The van der Waals surface area contributed by atoms with E-state index in [9.17, 15) is 0 Å². The molecule has 0 atom stereocenters. The van der Waals surface area contributed by atoms with Crippen LogP contribution in [0.4, 0.5) is 0 Å². The number of hydrogen-bond acceptors (Lipinski definition) is 3. The van der Waals surface area contributed by atoms with E-state index in [4.69, 9.17) is 4.42 Å². The Kier molecular flexibility index (Phi) is 1.71. The highest BCUT2D eigenvalue weighted by atomic mass is 16.4. The highest BCUT2D eigenvalue weighted by Crippen LogP contribution is 2.39. The third-order valence-electron chi connectivity index (χ3n) is 2.14. The number of hydrogen-bond donors (Lipinski definition) is 0. The summed E-state index contributed by atoms with van der Waals surface area (Å²) in [4.78, 5) is 0. The van der Waals surface area contributed by atoms with E-state index < -0.39 is 0 Å². The predicted octanol–water partition coefficient (Wildman–Crippen LogP) is 2.37. The number of aromatic nitrogens is 2. The van der Waals surface area contributed by atoms with Crippen LogP contribution in [0, 0.1) is 0 Å². The summed E-state index contributed by atoms with van der Waals surface area (Å²) in [5.41, 5.74) is 1.05. The number of allylic oxidation sites excluding steroid dienone is 2. The van der Waals surface area contributed by atoms with E-state index in [-0.39, 0.29) is 0 Å². The van der Waals surface area contributed by atoms with Crippen molar-refractivity contribution in [2.75, 3.05) is 0 Å². The quantitative estimate of drug-likeness (QED) is 0.673. The molecule has 0 unspecified atom stereocenters. The van der Waals surface area contributed by atoms with Crippen LogP contribution in [0.5, 0.6) is 0 Å². The van der Waals surface area contributed by atoms with E-state index in [0.29, 0.717) is 11.8 Å². The molecule has 12 heavy (non-hydrogen) atoms. The Bertz CT molecular complexity index is 310. The molecule has 64 valence electrons. The molecule has 1 aromatic heterocycles. The molecule has 0 aromatic carbocycles. The Labute approximate surface area is 71.5 Å². The maximum atomic E-state index is 5.47. The van der Waals surface area contributed by atoms with Gasteiger partial charge in [-0.2, -0.15) is 0 Å². The number of rotatable bonds is 2. The van der Waals surface area contributed by atoms with Crippen LogP contribution in [0.2, 0.25) is 0 Å². The maximum absolute atomic E-state index is 5.47. The van der Waals surface area contributed by atoms with Gasteiger partial charge in [0.15, 0.2) is 0 Å². The van der Waals surface area contributed by atoms with Gasteiger partial charge < -0.3 is 4.42 Å². The molecular formula is C9H12N2O. The second-order valence-corrected chi connectivity index (χ2v) is 3.19. The molecule has 0 N–H and O–H groups in total. The van der Waals surface area contributed by atoms with Gasteiger partial charge in [0.05, 0.1) is 0 Å². The molecule has 3 nitrogen and oxygen atoms in total. The molecule has 0 saturated heterocycles. The molecule has 1 fully saturated rings. The molecule has 0 spiro atoms. The molecule has 0 amide bonds. The van der Waals surface area contributed by atoms with Crippen molar-refractivity contribution in [2.45, 2.75) is 32.6 Å². The van der Waals surface area contributed by atoms with Gasteiger partial charge in [0.1, 0.15) is 0 Å². The third kappa shape index (κ3) is 1.26. The van der Waals surface area contributed by atoms with Crippen LogP contribution < -0.4 is 0 Å². The van der Waals surface area contributed by atoms with Crippen LogP contribution in [0.15, 0.2) is 10.5 Å². The summed E-state index contributed by atoms with van der Waals surface area (Å²) >= 11 is 0. The van der Waals surface area contributed by atoms with Crippen molar-refractivity contribution in [2.24, 2.45) is 0 Å². The fraction of sp³-hybridized carbons (Fsp3) is 0.556. The first-order valence-corrected chi connectivity index (χ1v) is 4.28. The fourth-order valence-corrected chi connectivity index (χ4v) is 1.01. The van der Waals surface area contributed by atoms with Crippen molar-refractivity contribution < 1.29 is 4.42 Å². The minimum absolute atomic E-state index is 0.552. The van der Waals surface area contributed by atoms with Gasteiger partial charge in [-0.1, -0.05) is 6.08 Å². The van der Waals surface area contributed by atoms with Crippen molar-refractivity contribution in [3.63, 3.8) is 0 Å². The standard InChI is InChI=1S/C9H12N2O/c1-3-6(2)8-10-11-9(12-8)7-4-5-7/h3,7H,4-5H2,1-2H3/b6-3-. The lowest BCUT2D eigenvalue weighted by Crippen LogP contribution is -1.77. The minimum Gasteiger partial charge on any atom is -0.421 e. The lowest BCUT2D eigenvalue weighted by molar-refractivity contribution is 0.484. The molecule has 1 saturated carbocycles. The van der Waals surface area contributed by atoms with Crippen LogP contribution in [-0.2, 0) is 0 Å². The lowest BCUT2D eigenvalue weighted by Gasteiger charge is -1.89. The van der Waals surface area contributed by atoms with Crippen LogP contribution >= 0.6 is 0 Å². The second kappa shape index (κ2) is 2.73. The summed E-state index contributed by atoms with van der Waals surface area (Å²) in [6.07, 6.45) is 4.39. The average molecular weight is 164 g/mol. The topological polar surface area (TPSA) is 38.9 Å². The summed E-state index contributed by atoms with van der Waals surface area (Å²) in [6.45, 7) is 3.94. The highest BCUT2D eigenvalue weighted by molar-refractivity contribution is 5.54. The average Bonchev–Trinajstić information content (AvgIpc) is 2.83. The first-order valence-electron chi connectivity index (χ1n) is 4.28. The Morgan fingerprint density at radius 2 is 2.25 bits per heavy atom. The van der Waals surface area contributed by atoms with Crippen molar-refractivity contribution in [1.82, 2.24) is 10.2 Å². The van der Waals surface area contributed by atoms with Gasteiger partial charge in [-0.25, -0.2) is 0 Å². The highest BCUT2D eigenvalue weighted by Gasteiger charge is 2.29. The second-order valence-electron chi connectivity index (χ2n) is 3.19. The predicted molar refractivity (Wildman–Crippen MR) is 45.6 cm³/mol. The molecule has 0 aliphatic heterocycles. The van der Waals surface area contributed by atoms with Gasteiger partial charge in [0.2, 0.25) is 11.8 Å². The van der Waals surface area contributed by atoms with E-state index in [0.717, 1.165) is 11.5 Å². The molecular weight excluding hydrogens is 152 g/mol. The van der Waals surface area contributed by atoms with Gasteiger partial charge >= 0.3 is 0 Å². The smallest absolute Gasteiger partial charge is 0.243 e. The van der Waals surface area contributed by atoms with Crippen LogP contribution in [0.1, 0.15) is 44.4 Å². The summed E-state index contributed by atoms with van der Waals surface area (Å²) in [7, 11) is 0. The zero-order valence-corrected chi connectivity index (χ0v) is 7.37. The minimum atomic E-state index is 0.552. The molecule has 1 aromatic rings. The van der Waals surface area contributed by atoms with Crippen molar-refractivity contribution in [3.8, 4) is 0 Å². The summed E-state index contributed by atoms with van der Waals surface area (Å²) in [5.74, 6) is 2.03. The van der Waals surface area contributed by atoms with Gasteiger partial charge in [-0.3, -0.25) is 0 Å². The molecule has 0 radical (unpaired) electrons. The van der Waals surface area contributed by atoms with E-state index >= 15 is 0 Å². The summed E-state index contributed by atoms with van der Waals surface area (Å²) in [5, 5.41) is 7.95. The van der Waals surface area contributed by atoms with Crippen molar-refractivity contribution in [3.05, 3.63) is 17.9 Å². The fourth-order valence-electron chi connectivity index (χ4n) is 1.01. The first kappa shape index (κ1) is 7.53. The van der Waals surface area contributed by atoms with Crippen molar-refractivity contribution >= 4 is 5.57 Å². The maximum Gasteiger partial charge on any atom is 0.243 e. The van der Waals surface area contributed by atoms with E-state index in [1.807, 2.05) is 19.9 Å². The van der Waals surface area contributed by atoms with E-state index in [1.54, 1.807) is 0 Å². The SMILES string of the molecule is C/C=C(/C)c1nnc(C2CC2)o1. The van der Waals surface area contributed by atoms with Crippen LogP contribution in [0.3, 0.4) is 0 Å². The Morgan fingerprint density at radius 3 is 2.83 bits per heavy atom. The zero-order chi connectivity index (χ0) is 8.55. The Balaban J connectivity index is 2.23. The van der Waals surface area contributed by atoms with Gasteiger partial charge in [0.25, 0.3) is 0 Å². The van der Waals surface area contributed by atoms with Crippen LogP contribution in [-0.4, -0.2) is 10.2 Å². The van der Waals surface area contributed by atoms with Gasteiger partial charge in [-0.05, 0) is 26.7 Å². The molecule has 1 aliphatic carbocycles. The Hall–Kier alpha value is -1.12. The van der Waals surface area contributed by atoms with Crippen LogP contribution in [0.25, 0.3) is 5.57 Å². The lowest BCUT2D eigenvalue weighted by atomic mass is 10.3. The monoisotopic (exact) mass is 164 g/mol. The first-order chi connectivity index (χ1) is 5.81. The summed E-state index contributed by atoms with van der Waals surface area (Å²) in [6, 6.07) is 0. The third-order valence-corrected chi connectivity index (χ3v) is 2.14. The largest absolute Gasteiger partial charge is 0.421 e. The van der Waals surface area contributed by atoms with Crippen molar-refractivity contribution in [1.29, 1.82) is 0 Å². The normalized spacial score (nSPS) is 18.3. The summed E-state index contributed by atoms with van der Waals surface area (Å²) < 4.78 is 5.47. The zero-order valence-electron chi connectivity index (χ0n) is 7.37. The molecule has 0 bridgehead atoms. The molecule has 2 rings (SSSR count). The Morgan fingerprint density at radius 1 is 1.50 bits per heavy atom. The molecule has 3 heteroatoms. The molecule has 1 aliphatic rings. The number of nitrogens with zero attached hydrogens (tertiary/aromatic N) is 2. The van der Waals surface area contributed by atoms with E-state index in [1.165, 1.54) is 12.8 Å². The van der Waals surface area contributed by atoms with E-state index in [2.05, 4.69) is 10.2 Å². The molecule has 1 heterocycles. The van der Waals surface area contributed by atoms with Gasteiger partial charge in [-0.15, -0.1) is 10.2 Å². The van der Waals surface area contributed by atoms with Gasteiger partial charge in [0, 0.05) is 11.5 Å².